The van der Waals surface area contributed by atoms with E-state index in [1.54, 1.807) is 14.2 Å². The summed E-state index contributed by atoms with van der Waals surface area (Å²) < 4.78 is 31.3. The van der Waals surface area contributed by atoms with Crippen LogP contribution in [-0.2, 0) is 16.4 Å². The van der Waals surface area contributed by atoms with E-state index >= 15 is 0 Å². The van der Waals surface area contributed by atoms with Gasteiger partial charge in [0.25, 0.3) is 0 Å². The Hall–Kier alpha value is -0.860. The lowest BCUT2D eigenvalue weighted by Crippen LogP contribution is -2.49. The van der Waals surface area contributed by atoms with Crippen LogP contribution in [0.25, 0.3) is 0 Å². The van der Waals surface area contributed by atoms with Gasteiger partial charge in [-0.2, -0.15) is 0 Å². The van der Waals surface area contributed by atoms with Crippen LogP contribution in [-0.4, -0.2) is 68.4 Å². The molecule has 142 valence electrons. The Kier molecular flexibility index (Phi) is 6.73. The van der Waals surface area contributed by atoms with E-state index in [-0.39, 0.29) is 36.9 Å². The first kappa shape index (κ1) is 20.5. The minimum absolute atomic E-state index is 0. The maximum absolute atomic E-state index is 12.3. The number of hydrogen-bond acceptors (Lipinski definition) is 5. The summed E-state index contributed by atoms with van der Waals surface area (Å²) in [5, 5.41) is 8.99. The Bertz CT molecular complexity index is 698. The Morgan fingerprint density at radius 2 is 2.12 bits per heavy atom. The first-order valence-corrected chi connectivity index (χ1v) is 10.0. The van der Waals surface area contributed by atoms with Gasteiger partial charge in [0.05, 0.1) is 19.5 Å². The van der Waals surface area contributed by atoms with Crippen LogP contribution in [0.4, 0.5) is 0 Å². The zero-order valence-electron chi connectivity index (χ0n) is 14.7. The van der Waals surface area contributed by atoms with Crippen LogP contribution in [0.2, 0.25) is 0 Å². The number of aliphatic hydroxyl groups excluding tert-OH is 1. The quantitative estimate of drug-likeness (QED) is 0.823. The van der Waals surface area contributed by atoms with Gasteiger partial charge in [-0.15, -0.1) is 12.4 Å². The second-order valence-corrected chi connectivity index (χ2v) is 8.75. The van der Waals surface area contributed by atoms with Gasteiger partial charge < -0.3 is 9.84 Å². The van der Waals surface area contributed by atoms with Gasteiger partial charge in [-0.3, -0.25) is 4.90 Å². The summed E-state index contributed by atoms with van der Waals surface area (Å²) in [6, 6.07) is 6.44. The fraction of sp³-hybridized carbons (Fsp3) is 0.647. The number of hydrogen-bond donors (Lipinski definition) is 1. The van der Waals surface area contributed by atoms with E-state index in [1.165, 1.54) is 15.4 Å². The molecule has 1 aromatic rings. The van der Waals surface area contributed by atoms with Gasteiger partial charge in [-0.25, -0.2) is 12.7 Å². The number of benzene rings is 1. The number of methoxy groups -OCH3 is 1. The molecule has 0 aromatic heterocycles. The highest BCUT2D eigenvalue weighted by Crippen LogP contribution is 2.39. The summed E-state index contributed by atoms with van der Waals surface area (Å²) in [5.74, 6) is 0.666. The molecule has 0 amide bonds. The molecule has 2 heterocycles. The normalized spacial score (nSPS) is 23.5. The molecule has 2 atom stereocenters. The molecule has 1 N–H and O–H groups in total. The molecule has 0 spiro atoms. The van der Waals surface area contributed by atoms with Gasteiger partial charge >= 0.3 is 0 Å². The van der Waals surface area contributed by atoms with Crippen molar-refractivity contribution in [1.82, 2.24) is 9.21 Å². The molecular formula is C17H27ClN2O4S. The highest BCUT2D eigenvalue weighted by Gasteiger charge is 2.37. The van der Waals surface area contributed by atoms with Crippen molar-refractivity contribution in [3.05, 3.63) is 29.3 Å². The molecule has 1 fully saturated rings. The van der Waals surface area contributed by atoms with E-state index in [4.69, 9.17) is 9.84 Å². The fourth-order valence-corrected chi connectivity index (χ4v) is 5.08. The van der Waals surface area contributed by atoms with Crippen molar-refractivity contribution in [2.75, 3.05) is 39.6 Å². The number of piperidine rings is 1. The van der Waals surface area contributed by atoms with Crippen LogP contribution in [0.1, 0.15) is 30.0 Å². The highest BCUT2D eigenvalue weighted by atomic mass is 35.5. The highest BCUT2D eigenvalue weighted by molar-refractivity contribution is 7.89. The Morgan fingerprint density at radius 3 is 2.80 bits per heavy atom. The zero-order valence-corrected chi connectivity index (χ0v) is 16.4. The van der Waals surface area contributed by atoms with E-state index in [1.807, 2.05) is 6.07 Å². The molecule has 1 aromatic carbocycles. The van der Waals surface area contributed by atoms with Crippen LogP contribution in [0.3, 0.4) is 0 Å². The molecule has 2 aliphatic rings. The molecule has 2 unspecified atom stereocenters. The van der Waals surface area contributed by atoms with Crippen molar-refractivity contribution in [1.29, 1.82) is 0 Å². The van der Waals surface area contributed by atoms with Gasteiger partial charge in [0.2, 0.25) is 10.0 Å². The minimum Gasteiger partial charge on any atom is -0.497 e. The summed E-state index contributed by atoms with van der Waals surface area (Å²) >= 11 is 0. The third-order valence-corrected chi connectivity index (χ3v) is 7.24. The predicted octanol–water partition coefficient (Wildman–Crippen LogP) is 1.43. The summed E-state index contributed by atoms with van der Waals surface area (Å²) in [5.41, 5.74) is 2.59. The molecule has 3 rings (SSSR count). The average molecular weight is 391 g/mol. The average Bonchev–Trinajstić information content (AvgIpc) is 2.59. The zero-order chi connectivity index (χ0) is 17.3. The Labute approximate surface area is 156 Å². The Morgan fingerprint density at radius 1 is 1.36 bits per heavy atom. The third-order valence-electron chi connectivity index (χ3n) is 5.37. The molecule has 8 heteroatoms. The van der Waals surface area contributed by atoms with E-state index in [0.29, 0.717) is 0 Å². The lowest BCUT2D eigenvalue weighted by Gasteiger charge is -2.45. The van der Waals surface area contributed by atoms with Crippen LogP contribution in [0, 0.1) is 0 Å². The summed E-state index contributed by atoms with van der Waals surface area (Å²) in [6.07, 6.45) is 2.63. The SMILES string of the molecule is COc1ccc2c(c1)CCN1CCC(N(C)S(=O)(=O)CCO)CC21.Cl. The first-order valence-electron chi connectivity index (χ1n) is 8.43. The van der Waals surface area contributed by atoms with Crippen molar-refractivity contribution in [2.45, 2.75) is 31.3 Å². The summed E-state index contributed by atoms with van der Waals surface area (Å²) in [6.45, 7) is 1.57. The third kappa shape index (κ3) is 4.11. The van der Waals surface area contributed by atoms with Crippen LogP contribution in [0.5, 0.6) is 5.75 Å². The van der Waals surface area contributed by atoms with E-state index < -0.39 is 10.0 Å². The van der Waals surface area contributed by atoms with Crippen molar-refractivity contribution >= 4 is 22.4 Å². The summed E-state index contributed by atoms with van der Waals surface area (Å²) in [7, 11) is -0.0740. The lowest BCUT2D eigenvalue weighted by atomic mass is 9.85. The largest absolute Gasteiger partial charge is 0.497 e. The van der Waals surface area contributed by atoms with Crippen molar-refractivity contribution in [3.8, 4) is 5.75 Å². The van der Waals surface area contributed by atoms with Gasteiger partial charge in [-0.05, 0) is 42.5 Å². The number of aliphatic hydroxyl groups is 1. The number of ether oxygens (including phenoxy) is 1. The monoisotopic (exact) mass is 390 g/mol. The van der Waals surface area contributed by atoms with Gasteiger partial charge in [0.15, 0.2) is 0 Å². The van der Waals surface area contributed by atoms with E-state index in [2.05, 4.69) is 17.0 Å². The predicted molar refractivity (Wildman–Crippen MR) is 99.9 cm³/mol. The van der Waals surface area contributed by atoms with Crippen LogP contribution >= 0.6 is 12.4 Å². The van der Waals surface area contributed by atoms with Gasteiger partial charge in [0.1, 0.15) is 5.75 Å². The van der Waals surface area contributed by atoms with Crippen LogP contribution in [0.15, 0.2) is 18.2 Å². The van der Waals surface area contributed by atoms with E-state index in [0.717, 1.165) is 38.1 Å². The number of fused-ring (bicyclic) bond motifs is 3. The molecular weight excluding hydrogens is 364 g/mol. The smallest absolute Gasteiger partial charge is 0.216 e. The second-order valence-electron chi connectivity index (χ2n) is 6.60. The fourth-order valence-electron chi connectivity index (χ4n) is 3.92. The topological polar surface area (TPSA) is 70.1 Å². The standard InChI is InChI=1S/C17H26N2O4S.ClH/c1-18(24(21,22)10-9-20)14-6-8-19-7-5-13-11-15(23-2)3-4-16(13)17(19)12-14;/h3-4,11,14,17,20H,5-10,12H2,1-2H3;1H. The maximum Gasteiger partial charge on any atom is 0.216 e. The molecule has 25 heavy (non-hydrogen) atoms. The molecule has 6 nitrogen and oxygen atoms in total. The van der Waals surface area contributed by atoms with Crippen LogP contribution < -0.4 is 4.74 Å². The molecule has 0 radical (unpaired) electrons. The maximum atomic E-state index is 12.3. The molecule has 0 aliphatic carbocycles. The van der Waals surface area contributed by atoms with Gasteiger partial charge in [-0.1, -0.05) is 6.07 Å². The lowest BCUT2D eigenvalue weighted by molar-refractivity contribution is 0.0967. The Balaban J connectivity index is 0.00000225. The van der Waals surface area contributed by atoms with Crippen molar-refractivity contribution < 1.29 is 18.3 Å². The second kappa shape index (κ2) is 8.22. The summed E-state index contributed by atoms with van der Waals surface area (Å²) in [4.78, 5) is 2.46. The molecule has 0 bridgehead atoms. The van der Waals surface area contributed by atoms with Crippen molar-refractivity contribution in [2.24, 2.45) is 0 Å². The molecule has 2 aliphatic heterocycles. The number of rotatable bonds is 5. The van der Waals surface area contributed by atoms with E-state index in [9.17, 15) is 8.42 Å². The first-order chi connectivity index (χ1) is 11.5. The molecule has 0 saturated carbocycles. The number of sulfonamides is 1. The number of nitrogens with zero attached hydrogens (tertiary/aromatic N) is 2. The van der Waals surface area contributed by atoms with Gasteiger partial charge in [0, 0.05) is 32.2 Å². The number of halogens is 1. The minimum atomic E-state index is -3.39. The van der Waals surface area contributed by atoms with Crippen molar-refractivity contribution in [3.63, 3.8) is 0 Å². The molecule has 1 saturated heterocycles.